The second kappa shape index (κ2) is 9.88. The van der Waals surface area contributed by atoms with Gasteiger partial charge in [0, 0.05) is 22.5 Å². The molecule has 0 heterocycles. The highest BCUT2D eigenvalue weighted by Gasteiger charge is 2.11. The van der Waals surface area contributed by atoms with Gasteiger partial charge >= 0.3 is 0 Å². The number of ether oxygens (including phenoxy) is 1. The maximum absolute atomic E-state index is 12.5. The number of hydrogen-bond acceptors (Lipinski definition) is 3. The minimum Gasteiger partial charge on any atom is -0.483 e. The minimum absolute atomic E-state index is 0.131. The van der Waals surface area contributed by atoms with Crippen LogP contribution in [0.5, 0.6) is 5.75 Å². The Kier molecular flexibility index (Phi) is 6.76. The average molecular weight is 457 g/mol. The van der Waals surface area contributed by atoms with Crippen LogP contribution >= 0.6 is 11.6 Å². The van der Waals surface area contributed by atoms with Crippen LogP contribution in [0.3, 0.4) is 0 Å². The largest absolute Gasteiger partial charge is 0.483 e. The van der Waals surface area contributed by atoms with Crippen molar-refractivity contribution in [3.63, 3.8) is 0 Å². The van der Waals surface area contributed by atoms with Crippen molar-refractivity contribution in [2.75, 3.05) is 11.9 Å². The predicted octanol–water partition coefficient (Wildman–Crippen LogP) is 7.19. The molecule has 0 unspecified atom stereocenters. The van der Waals surface area contributed by atoms with Crippen LogP contribution in [-0.2, 0) is 4.79 Å². The number of aliphatic imine (C=N–C) groups is 1. The van der Waals surface area contributed by atoms with E-state index >= 15 is 0 Å². The number of nitrogens with zero attached hydrogens (tertiary/aromatic N) is 1. The van der Waals surface area contributed by atoms with Gasteiger partial charge in [-0.25, -0.2) is 0 Å². The van der Waals surface area contributed by atoms with Crippen LogP contribution in [0.25, 0.3) is 10.8 Å². The molecule has 0 atom stereocenters. The number of amides is 1. The van der Waals surface area contributed by atoms with Gasteiger partial charge in [-0.05, 0) is 66.9 Å². The van der Waals surface area contributed by atoms with Crippen molar-refractivity contribution in [3.05, 3.63) is 100 Å². The molecule has 0 radical (unpaired) electrons. The second-order valence-corrected chi connectivity index (χ2v) is 8.45. The van der Waals surface area contributed by atoms with Crippen LogP contribution in [0.4, 0.5) is 11.4 Å². The number of carbonyl (C=O) groups excluding carboxylic acids is 1. The third-order valence-electron chi connectivity index (χ3n) is 5.43. The van der Waals surface area contributed by atoms with Crippen molar-refractivity contribution < 1.29 is 9.53 Å². The number of fused-ring (bicyclic) bond motifs is 1. The molecule has 0 aliphatic heterocycles. The quantitative estimate of drug-likeness (QED) is 0.312. The normalized spacial score (nSPS) is 11.2. The molecular formula is C28H25ClN2O2. The van der Waals surface area contributed by atoms with E-state index < -0.39 is 0 Å². The molecule has 4 aromatic carbocycles. The lowest BCUT2D eigenvalue weighted by molar-refractivity contribution is -0.118. The molecule has 166 valence electrons. The van der Waals surface area contributed by atoms with Crippen LogP contribution in [0, 0.1) is 20.8 Å². The molecular weight excluding hydrogens is 432 g/mol. The Balaban J connectivity index is 1.58. The summed E-state index contributed by atoms with van der Waals surface area (Å²) in [6.07, 6.45) is 1.81. The van der Waals surface area contributed by atoms with Gasteiger partial charge in [-0.15, -0.1) is 0 Å². The third-order valence-corrected chi connectivity index (χ3v) is 5.84. The Morgan fingerprint density at radius 1 is 0.970 bits per heavy atom. The number of halogens is 1. The SMILES string of the molecule is Cc1ccc(N=Cc2c(OCC(=O)Nc3ccc(C)c(Cl)c3)ccc3ccccc23)c(C)c1. The molecule has 5 heteroatoms. The smallest absolute Gasteiger partial charge is 0.262 e. The van der Waals surface area contributed by atoms with Crippen LogP contribution < -0.4 is 10.1 Å². The first-order valence-corrected chi connectivity index (χ1v) is 11.1. The van der Waals surface area contributed by atoms with Gasteiger partial charge in [0.2, 0.25) is 0 Å². The number of hydrogen-bond donors (Lipinski definition) is 1. The molecule has 33 heavy (non-hydrogen) atoms. The Morgan fingerprint density at radius 3 is 2.58 bits per heavy atom. The Labute approximate surface area is 198 Å². The number of anilines is 1. The van der Waals surface area contributed by atoms with Gasteiger partial charge in [-0.3, -0.25) is 9.79 Å². The molecule has 0 saturated carbocycles. The van der Waals surface area contributed by atoms with Gasteiger partial charge in [0.1, 0.15) is 5.75 Å². The summed E-state index contributed by atoms with van der Waals surface area (Å²) in [6, 6.07) is 23.5. The minimum atomic E-state index is -0.264. The van der Waals surface area contributed by atoms with E-state index in [9.17, 15) is 4.79 Å². The molecule has 0 spiro atoms. The van der Waals surface area contributed by atoms with E-state index in [1.807, 2.05) is 80.7 Å². The van der Waals surface area contributed by atoms with E-state index in [1.54, 1.807) is 6.07 Å². The summed E-state index contributed by atoms with van der Waals surface area (Å²) in [4.78, 5) is 17.2. The third kappa shape index (κ3) is 5.41. The van der Waals surface area contributed by atoms with Gasteiger partial charge in [0.05, 0.1) is 5.69 Å². The highest BCUT2D eigenvalue weighted by molar-refractivity contribution is 6.31. The number of benzene rings is 4. The fourth-order valence-electron chi connectivity index (χ4n) is 3.63. The summed E-state index contributed by atoms with van der Waals surface area (Å²) in [5.74, 6) is 0.333. The zero-order valence-corrected chi connectivity index (χ0v) is 19.6. The van der Waals surface area contributed by atoms with E-state index in [4.69, 9.17) is 21.3 Å². The summed E-state index contributed by atoms with van der Waals surface area (Å²) >= 11 is 6.15. The van der Waals surface area contributed by atoms with Crippen LogP contribution in [0.2, 0.25) is 5.02 Å². The maximum atomic E-state index is 12.5. The van der Waals surface area contributed by atoms with Gasteiger partial charge in [0.25, 0.3) is 5.91 Å². The van der Waals surface area contributed by atoms with Gasteiger partial charge in [-0.1, -0.05) is 65.7 Å². The van der Waals surface area contributed by atoms with Crippen molar-refractivity contribution in [3.8, 4) is 5.75 Å². The molecule has 4 aromatic rings. The monoisotopic (exact) mass is 456 g/mol. The van der Waals surface area contributed by atoms with Gasteiger partial charge in [-0.2, -0.15) is 0 Å². The molecule has 4 nitrogen and oxygen atoms in total. The van der Waals surface area contributed by atoms with Crippen molar-refractivity contribution in [1.82, 2.24) is 0 Å². The second-order valence-electron chi connectivity index (χ2n) is 8.05. The summed E-state index contributed by atoms with van der Waals surface area (Å²) in [5.41, 5.74) is 5.61. The van der Waals surface area contributed by atoms with Crippen molar-refractivity contribution in [1.29, 1.82) is 0 Å². The standard InChI is InChI=1S/C28H25ClN2O2/c1-18-8-12-26(20(3)14-18)30-16-24-23-7-5-4-6-21(23)10-13-27(24)33-17-28(32)31-22-11-9-19(2)25(29)15-22/h4-16H,17H2,1-3H3,(H,31,32). The molecule has 0 bridgehead atoms. The van der Waals surface area contributed by atoms with E-state index in [2.05, 4.69) is 18.3 Å². The lowest BCUT2D eigenvalue weighted by Crippen LogP contribution is -2.20. The van der Waals surface area contributed by atoms with E-state index in [0.717, 1.165) is 33.2 Å². The van der Waals surface area contributed by atoms with E-state index in [1.165, 1.54) is 5.56 Å². The molecule has 0 aliphatic carbocycles. The number of carbonyl (C=O) groups is 1. The average Bonchev–Trinajstić information content (AvgIpc) is 2.80. The number of rotatable bonds is 6. The molecule has 0 saturated heterocycles. The Morgan fingerprint density at radius 2 is 1.79 bits per heavy atom. The number of nitrogens with one attached hydrogen (secondary N) is 1. The van der Waals surface area contributed by atoms with Gasteiger partial charge < -0.3 is 10.1 Å². The van der Waals surface area contributed by atoms with Crippen molar-refractivity contribution in [2.24, 2.45) is 4.99 Å². The molecule has 4 rings (SSSR count). The molecule has 0 aliphatic rings. The van der Waals surface area contributed by atoms with E-state index in [-0.39, 0.29) is 12.5 Å². The Bertz CT molecular complexity index is 1360. The summed E-state index contributed by atoms with van der Waals surface area (Å²) < 4.78 is 5.93. The predicted molar refractivity (Wildman–Crippen MR) is 137 cm³/mol. The fourth-order valence-corrected chi connectivity index (χ4v) is 3.81. The number of aryl methyl sites for hydroxylation is 3. The molecule has 0 fully saturated rings. The van der Waals surface area contributed by atoms with Crippen LogP contribution in [-0.4, -0.2) is 18.7 Å². The highest BCUT2D eigenvalue weighted by atomic mass is 35.5. The van der Waals surface area contributed by atoms with Crippen molar-refractivity contribution in [2.45, 2.75) is 20.8 Å². The summed E-state index contributed by atoms with van der Waals surface area (Å²) in [7, 11) is 0. The maximum Gasteiger partial charge on any atom is 0.262 e. The summed E-state index contributed by atoms with van der Waals surface area (Å²) in [5, 5.41) is 5.51. The van der Waals surface area contributed by atoms with Crippen molar-refractivity contribution >= 4 is 45.9 Å². The lowest BCUT2D eigenvalue weighted by Gasteiger charge is -2.12. The first kappa shape index (κ1) is 22.6. The van der Waals surface area contributed by atoms with E-state index in [0.29, 0.717) is 16.5 Å². The van der Waals surface area contributed by atoms with Gasteiger partial charge in [0.15, 0.2) is 6.61 Å². The zero-order chi connectivity index (χ0) is 23.4. The van der Waals surface area contributed by atoms with Crippen LogP contribution in [0.15, 0.2) is 77.8 Å². The topological polar surface area (TPSA) is 50.7 Å². The first-order valence-electron chi connectivity index (χ1n) is 10.7. The Hall–Kier alpha value is -3.63. The first-order chi connectivity index (χ1) is 15.9. The fraction of sp³-hybridized carbons (Fsp3) is 0.143. The van der Waals surface area contributed by atoms with Crippen LogP contribution in [0.1, 0.15) is 22.3 Å². The summed E-state index contributed by atoms with van der Waals surface area (Å²) in [6.45, 7) is 5.89. The lowest BCUT2D eigenvalue weighted by atomic mass is 10.0. The molecule has 0 aromatic heterocycles. The highest BCUT2D eigenvalue weighted by Crippen LogP contribution is 2.28. The molecule has 1 amide bonds. The molecule has 1 N–H and O–H groups in total. The zero-order valence-electron chi connectivity index (χ0n) is 18.9.